The van der Waals surface area contributed by atoms with Crippen LogP contribution in [0.4, 0.5) is 10.2 Å². The van der Waals surface area contributed by atoms with Crippen LogP contribution in [0.15, 0.2) is 18.2 Å². The maximum atomic E-state index is 13.6. The Bertz CT molecular complexity index is 512. The summed E-state index contributed by atoms with van der Waals surface area (Å²) in [4.78, 5) is 0. The number of aromatic amines is 1. The van der Waals surface area contributed by atoms with Crippen LogP contribution < -0.4 is 5.73 Å². The van der Waals surface area contributed by atoms with Gasteiger partial charge in [-0.25, -0.2) is 4.39 Å². The number of hydrogen-bond acceptors (Lipinski definition) is 3. The van der Waals surface area contributed by atoms with E-state index in [0.717, 1.165) is 0 Å². The van der Waals surface area contributed by atoms with E-state index < -0.39 is 5.82 Å². The summed E-state index contributed by atoms with van der Waals surface area (Å²) >= 11 is 5.59. The van der Waals surface area contributed by atoms with Gasteiger partial charge >= 0.3 is 0 Å². The van der Waals surface area contributed by atoms with Gasteiger partial charge in [0.25, 0.3) is 0 Å². The van der Waals surface area contributed by atoms with Gasteiger partial charge < -0.3 is 10.8 Å². The summed E-state index contributed by atoms with van der Waals surface area (Å²) in [5.41, 5.74) is 5.62. The van der Waals surface area contributed by atoms with Crippen LogP contribution in [0.25, 0.3) is 11.3 Å². The number of anilines is 1. The molecule has 0 fully saturated rings. The SMILES string of the molecule is Nc1cc(-c2c(O)ccc(Cl)c2F)[nH]n1. The summed E-state index contributed by atoms with van der Waals surface area (Å²) < 4.78 is 13.6. The third kappa shape index (κ3) is 1.61. The lowest BCUT2D eigenvalue weighted by Gasteiger charge is -2.04. The van der Waals surface area contributed by atoms with Gasteiger partial charge in [0, 0.05) is 6.07 Å². The molecule has 1 aromatic carbocycles. The van der Waals surface area contributed by atoms with E-state index in [1.165, 1.54) is 18.2 Å². The highest BCUT2D eigenvalue weighted by Gasteiger charge is 2.15. The average molecular weight is 228 g/mol. The number of phenols is 1. The number of rotatable bonds is 1. The third-order valence-corrected chi connectivity index (χ3v) is 2.23. The summed E-state index contributed by atoms with van der Waals surface area (Å²) in [7, 11) is 0. The van der Waals surface area contributed by atoms with Crippen molar-refractivity contribution in [2.24, 2.45) is 0 Å². The molecule has 0 aliphatic rings. The zero-order valence-electron chi connectivity index (χ0n) is 7.46. The first kappa shape index (κ1) is 9.79. The standard InChI is InChI=1S/C9H7ClFN3O/c10-4-1-2-6(15)8(9(4)11)5-3-7(12)14-13-5/h1-3,15H,(H3,12,13,14). The van der Waals surface area contributed by atoms with E-state index >= 15 is 0 Å². The predicted molar refractivity (Wildman–Crippen MR) is 55.1 cm³/mol. The lowest BCUT2D eigenvalue weighted by atomic mass is 10.1. The molecule has 0 atom stereocenters. The van der Waals surface area contributed by atoms with E-state index in [-0.39, 0.29) is 27.8 Å². The number of halogens is 2. The Balaban J connectivity index is 2.66. The van der Waals surface area contributed by atoms with E-state index in [2.05, 4.69) is 10.2 Å². The van der Waals surface area contributed by atoms with Crippen molar-refractivity contribution in [3.05, 3.63) is 29.0 Å². The summed E-state index contributed by atoms with van der Waals surface area (Å²) in [6.07, 6.45) is 0. The number of nitrogens with one attached hydrogen (secondary N) is 1. The van der Waals surface area contributed by atoms with Gasteiger partial charge in [-0.05, 0) is 12.1 Å². The molecular formula is C9H7ClFN3O. The fraction of sp³-hybridized carbons (Fsp3) is 0. The lowest BCUT2D eigenvalue weighted by Crippen LogP contribution is -1.87. The van der Waals surface area contributed by atoms with E-state index in [1.807, 2.05) is 0 Å². The molecule has 2 rings (SSSR count). The lowest BCUT2D eigenvalue weighted by molar-refractivity contribution is 0.471. The smallest absolute Gasteiger partial charge is 0.154 e. The highest BCUT2D eigenvalue weighted by atomic mass is 35.5. The summed E-state index contributed by atoms with van der Waals surface area (Å²) in [5.74, 6) is -0.718. The molecule has 0 spiro atoms. The Labute approximate surface area is 89.5 Å². The Morgan fingerprint density at radius 3 is 2.80 bits per heavy atom. The second kappa shape index (κ2) is 3.43. The molecule has 6 heteroatoms. The van der Waals surface area contributed by atoms with Gasteiger partial charge in [0.1, 0.15) is 11.6 Å². The molecule has 4 nitrogen and oxygen atoms in total. The number of nitrogens with two attached hydrogens (primary N) is 1. The number of nitrogens with zero attached hydrogens (tertiary/aromatic N) is 1. The molecule has 1 heterocycles. The molecule has 78 valence electrons. The van der Waals surface area contributed by atoms with Crippen molar-refractivity contribution in [2.45, 2.75) is 0 Å². The van der Waals surface area contributed by atoms with Gasteiger partial charge in [-0.2, -0.15) is 5.10 Å². The van der Waals surface area contributed by atoms with Crippen LogP contribution in [0.3, 0.4) is 0 Å². The fourth-order valence-electron chi connectivity index (χ4n) is 1.26. The minimum atomic E-state index is -0.708. The van der Waals surface area contributed by atoms with Crippen LogP contribution in [0.1, 0.15) is 0 Å². The second-order valence-electron chi connectivity index (χ2n) is 2.96. The Hall–Kier alpha value is -1.75. The summed E-state index contributed by atoms with van der Waals surface area (Å²) in [5, 5.41) is 15.6. The van der Waals surface area contributed by atoms with Gasteiger partial charge in [-0.3, -0.25) is 5.10 Å². The van der Waals surface area contributed by atoms with E-state index in [9.17, 15) is 9.50 Å². The van der Waals surface area contributed by atoms with Gasteiger partial charge in [-0.15, -0.1) is 0 Å². The van der Waals surface area contributed by atoms with E-state index in [1.54, 1.807) is 0 Å². The number of hydrogen-bond donors (Lipinski definition) is 3. The number of aromatic hydroxyl groups is 1. The van der Waals surface area contributed by atoms with Crippen LogP contribution in [0.2, 0.25) is 5.02 Å². The molecule has 4 N–H and O–H groups in total. The summed E-state index contributed by atoms with van der Waals surface area (Å²) in [6, 6.07) is 3.99. The molecule has 0 aliphatic heterocycles. The van der Waals surface area contributed by atoms with Gasteiger partial charge in [-0.1, -0.05) is 11.6 Å². The quantitative estimate of drug-likeness (QED) is 0.699. The molecule has 0 saturated carbocycles. The average Bonchev–Trinajstić information content (AvgIpc) is 2.59. The van der Waals surface area contributed by atoms with Crippen LogP contribution in [0, 0.1) is 5.82 Å². The molecule has 0 radical (unpaired) electrons. The van der Waals surface area contributed by atoms with Crippen molar-refractivity contribution in [3.8, 4) is 17.0 Å². The number of H-pyrrole nitrogens is 1. The molecule has 0 aliphatic carbocycles. The molecular weight excluding hydrogens is 221 g/mol. The highest BCUT2D eigenvalue weighted by Crippen LogP contribution is 2.34. The van der Waals surface area contributed by atoms with Crippen molar-refractivity contribution in [3.63, 3.8) is 0 Å². The third-order valence-electron chi connectivity index (χ3n) is 1.94. The first-order chi connectivity index (χ1) is 7.09. The topological polar surface area (TPSA) is 74.9 Å². The molecule has 1 aromatic heterocycles. The minimum absolute atomic E-state index is 0.0355. The normalized spacial score (nSPS) is 10.5. The van der Waals surface area contributed by atoms with Gasteiger partial charge in [0.2, 0.25) is 0 Å². The largest absolute Gasteiger partial charge is 0.507 e. The Morgan fingerprint density at radius 1 is 1.47 bits per heavy atom. The van der Waals surface area contributed by atoms with Crippen molar-refractivity contribution in [1.82, 2.24) is 10.2 Å². The zero-order chi connectivity index (χ0) is 11.0. The molecule has 0 bridgehead atoms. The predicted octanol–water partition coefficient (Wildman–Crippen LogP) is 2.16. The minimum Gasteiger partial charge on any atom is -0.507 e. The van der Waals surface area contributed by atoms with Crippen molar-refractivity contribution >= 4 is 17.4 Å². The monoisotopic (exact) mass is 227 g/mol. The number of phenolic OH excluding ortho intramolecular Hbond substituents is 1. The zero-order valence-corrected chi connectivity index (χ0v) is 8.22. The molecule has 0 saturated heterocycles. The van der Waals surface area contributed by atoms with Crippen molar-refractivity contribution in [2.75, 3.05) is 5.73 Å². The van der Waals surface area contributed by atoms with E-state index in [4.69, 9.17) is 17.3 Å². The molecule has 2 aromatic rings. The number of nitrogen functional groups attached to an aromatic ring is 1. The highest BCUT2D eigenvalue weighted by molar-refractivity contribution is 6.31. The molecule has 0 unspecified atom stereocenters. The van der Waals surface area contributed by atoms with Gasteiger partial charge in [0.15, 0.2) is 5.82 Å². The van der Waals surface area contributed by atoms with Crippen LogP contribution in [-0.4, -0.2) is 15.3 Å². The first-order valence-corrected chi connectivity index (χ1v) is 4.45. The maximum absolute atomic E-state index is 13.6. The van der Waals surface area contributed by atoms with Crippen molar-refractivity contribution in [1.29, 1.82) is 0 Å². The number of benzene rings is 1. The van der Waals surface area contributed by atoms with E-state index in [0.29, 0.717) is 0 Å². The molecule has 0 amide bonds. The van der Waals surface area contributed by atoms with Crippen LogP contribution in [-0.2, 0) is 0 Å². The number of aromatic nitrogens is 2. The Morgan fingerprint density at radius 2 is 2.20 bits per heavy atom. The first-order valence-electron chi connectivity index (χ1n) is 4.08. The Kier molecular flexibility index (Phi) is 2.24. The molecule has 15 heavy (non-hydrogen) atoms. The maximum Gasteiger partial charge on any atom is 0.154 e. The van der Waals surface area contributed by atoms with Crippen molar-refractivity contribution < 1.29 is 9.50 Å². The van der Waals surface area contributed by atoms with Crippen LogP contribution in [0.5, 0.6) is 5.75 Å². The van der Waals surface area contributed by atoms with Crippen LogP contribution >= 0.6 is 11.6 Å². The summed E-state index contributed by atoms with van der Waals surface area (Å²) in [6.45, 7) is 0. The second-order valence-corrected chi connectivity index (χ2v) is 3.37. The fourth-order valence-corrected chi connectivity index (χ4v) is 1.42. The van der Waals surface area contributed by atoms with Gasteiger partial charge in [0.05, 0.1) is 16.3 Å².